The number of nitriles is 1. The number of carbonyl (C=O) groups is 1. The lowest BCUT2D eigenvalue weighted by molar-refractivity contribution is -0.117. The SMILES string of the molecule is CC(=O)CN[C@H]1c2cc(C#N)ccc2OC(C)(C)[C@@H]1O. The van der Waals surface area contributed by atoms with Gasteiger partial charge in [0.05, 0.1) is 24.2 Å². The van der Waals surface area contributed by atoms with Crippen LogP contribution in [0.3, 0.4) is 0 Å². The van der Waals surface area contributed by atoms with Gasteiger partial charge in [0.15, 0.2) is 0 Å². The molecule has 0 radical (unpaired) electrons. The summed E-state index contributed by atoms with van der Waals surface area (Å²) in [4.78, 5) is 11.2. The Bertz CT molecular complexity index is 575. The lowest BCUT2D eigenvalue weighted by Gasteiger charge is -2.42. The van der Waals surface area contributed by atoms with Gasteiger partial charge in [-0.25, -0.2) is 0 Å². The minimum absolute atomic E-state index is 0.0144. The van der Waals surface area contributed by atoms with Crippen LogP contribution in [0.25, 0.3) is 0 Å². The Morgan fingerprint density at radius 1 is 1.55 bits per heavy atom. The molecule has 20 heavy (non-hydrogen) atoms. The number of hydrogen-bond donors (Lipinski definition) is 2. The van der Waals surface area contributed by atoms with Crippen molar-refractivity contribution in [2.24, 2.45) is 0 Å². The predicted octanol–water partition coefficient (Wildman–Crippen LogP) is 1.31. The highest BCUT2D eigenvalue weighted by atomic mass is 16.5. The summed E-state index contributed by atoms with van der Waals surface area (Å²) in [7, 11) is 0. The van der Waals surface area contributed by atoms with Crippen molar-refractivity contribution in [3.8, 4) is 11.8 Å². The second-order valence-corrected chi connectivity index (χ2v) is 5.58. The molecule has 106 valence electrons. The van der Waals surface area contributed by atoms with E-state index in [9.17, 15) is 9.90 Å². The summed E-state index contributed by atoms with van der Waals surface area (Å²) in [6.45, 7) is 5.23. The van der Waals surface area contributed by atoms with Crippen LogP contribution >= 0.6 is 0 Å². The van der Waals surface area contributed by atoms with Gasteiger partial charge in [-0.3, -0.25) is 4.79 Å². The van der Waals surface area contributed by atoms with E-state index in [0.717, 1.165) is 0 Å². The number of fused-ring (bicyclic) bond motifs is 1. The third-order valence-corrected chi connectivity index (χ3v) is 3.45. The lowest BCUT2D eigenvalue weighted by Crippen LogP contribution is -2.53. The molecular weight excluding hydrogens is 256 g/mol. The van der Waals surface area contributed by atoms with Gasteiger partial charge in [-0.1, -0.05) is 0 Å². The molecule has 0 bridgehead atoms. The van der Waals surface area contributed by atoms with Crippen LogP contribution in [0.15, 0.2) is 18.2 Å². The zero-order chi connectivity index (χ0) is 14.9. The summed E-state index contributed by atoms with van der Waals surface area (Å²) >= 11 is 0. The van der Waals surface area contributed by atoms with Crippen molar-refractivity contribution in [2.45, 2.75) is 38.5 Å². The van der Waals surface area contributed by atoms with Crippen LogP contribution in [0.2, 0.25) is 0 Å². The molecule has 0 aliphatic carbocycles. The van der Waals surface area contributed by atoms with E-state index < -0.39 is 17.7 Å². The van der Waals surface area contributed by atoms with Gasteiger partial charge in [-0.15, -0.1) is 0 Å². The number of carbonyl (C=O) groups excluding carboxylic acids is 1. The van der Waals surface area contributed by atoms with Crippen molar-refractivity contribution in [1.29, 1.82) is 5.26 Å². The molecule has 0 fully saturated rings. The van der Waals surface area contributed by atoms with E-state index in [4.69, 9.17) is 10.00 Å². The van der Waals surface area contributed by atoms with Gasteiger partial charge in [-0.2, -0.15) is 5.26 Å². The molecule has 5 nitrogen and oxygen atoms in total. The third-order valence-electron chi connectivity index (χ3n) is 3.45. The van der Waals surface area contributed by atoms with Crippen LogP contribution in [0, 0.1) is 11.3 Å². The summed E-state index contributed by atoms with van der Waals surface area (Å²) in [5, 5.41) is 22.5. The molecule has 1 aliphatic rings. The molecule has 1 heterocycles. The molecule has 2 rings (SSSR count). The van der Waals surface area contributed by atoms with Crippen molar-refractivity contribution in [3.63, 3.8) is 0 Å². The highest BCUT2D eigenvalue weighted by molar-refractivity contribution is 5.77. The molecule has 0 saturated carbocycles. The zero-order valence-corrected chi connectivity index (χ0v) is 11.8. The first-order valence-electron chi connectivity index (χ1n) is 6.49. The van der Waals surface area contributed by atoms with E-state index in [1.807, 2.05) is 0 Å². The molecule has 0 amide bonds. The van der Waals surface area contributed by atoms with Crippen molar-refractivity contribution >= 4 is 5.78 Å². The largest absolute Gasteiger partial charge is 0.485 e. The van der Waals surface area contributed by atoms with Gasteiger partial charge in [-0.05, 0) is 39.0 Å². The number of benzene rings is 1. The van der Waals surface area contributed by atoms with E-state index in [2.05, 4.69) is 11.4 Å². The van der Waals surface area contributed by atoms with E-state index in [1.165, 1.54) is 6.92 Å². The number of rotatable bonds is 3. The van der Waals surface area contributed by atoms with E-state index in [1.54, 1.807) is 32.0 Å². The zero-order valence-electron chi connectivity index (χ0n) is 11.8. The maximum absolute atomic E-state index is 11.2. The molecule has 1 aromatic carbocycles. The van der Waals surface area contributed by atoms with E-state index in [0.29, 0.717) is 16.9 Å². The molecule has 1 aliphatic heterocycles. The van der Waals surface area contributed by atoms with Crippen molar-refractivity contribution in [3.05, 3.63) is 29.3 Å². The minimum atomic E-state index is -0.816. The maximum atomic E-state index is 11.2. The monoisotopic (exact) mass is 274 g/mol. The fraction of sp³-hybridized carbons (Fsp3) is 0.467. The van der Waals surface area contributed by atoms with Crippen molar-refractivity contribution in [1.82, 2.24) is 5.32 Å². The number of aliphatic hydroxyl groups excluding tert-OH is 1. The second kappa shape index (κ2) is 5.23. The Labute approximate surface area is 118 Å². The Balaban J connectivity index is 2.42. The van der Waals surface area contributed by atoms with Gasteiger partial charge in [0.2, 0.25) is 0 Å². The summed E-state index contributed by atoms with van der Waals surface area (Å²) in [5.41, 5.74) is 0.432. The topological polar surface area (TPSA) is 82.4 Å². The van der Waals surface area contributed by atoms with Gasteiger partial charge in [0.25, 0.3) is 0 Å². The van der Waals surface area contributed by atoms with Crippen LogP contribution in [-0.4, -0.2) is 29.1 Å². The molecule has 2 N–H and O–H groups in total. The molecule has 5 heteroatoms. The van der Waals surface area contributed by atoms with E-state index in [-0.39, 0.29) is 12.3 Å². The highest BCUT2D eigenvalue weighted by Crippen LogP contribution is 2.40. The number of ether oxygens (including phenoxy) is 1. The van der Waals surface area contributed by atoms with E-state index >= 15 is 0 Å². The first-order valence-corrected chi connectivity index (χ1v) is 6.49. The minimum Gasteiger partial charge on any atom is -0.485 e. The molecular formula is C15H18N2O3. The lowest BCUT2D eigenvalue weighted by atomic mass is 9.86. The normalized spacial score (nSPS) is 23.4. The van der Waals surface area contributed by atoms with Crippen molar-refractivity contribution in [2.75, 3.05) is 6.54 Å². The van der Waals surface area contributed by atoms with Gasteiger partial charge < -0.3 is 15.2 Å². The Morgan fingerprint density at radius 2 is 2.25 bits per heavy atom. The number of Topliss-reactive ketones (excluding diaryl/α,β-unsaturated/α-hetero) is 1. The number of nitrogens with zero attached hydrogens (tertiary/aromatic N) is 1. The molecule has 1 aromatic rings. The quantitative estimate of drug-likeness (QED) is 0.868. The average molecular weight is 274 g/mol. The smallest absolute Gasteiger partial charge is 0.143 e. The summed E-state index contributed by atoms with van der Waals surface area (Å²) in [6, 6.07) is 6.71. The Morgan fingerprint density at radius 3 is 2.85 bits per heavy atom. The predicted molar refractivity (Wildman–Crippen MR) is 73.3 cm³/mol. The highest BCUT2D eigenvalue weighted by Gasteiger charge is 2.42. The summed E-state index contributed by atoms with van der Waals surface area (Å²) < 4.78 is 5.78. The van der Waals surface area contributed by atoms with Crippen LogP contribution in [0.5, 0.6) is 5.75 Å². The molecule has 2 atom stereocenters. The van der Waals surface area contributed by atoms with Gasteiger partial charge in [0, 0.05) is 5.56 Å². The number of aliphatic hydroxyl groups is 1. The molecule has 0 unspecified atom stereocenters. The second-order valence-electron chi connectivity index (χ2n) is 5.58. The standard InChI is InChI=1S/C15H18N2O3/c1-9(18)8-17-13-11-6-10(7-16)4-5-12(11)20-15(2,3)14(13)19/h4-6,13-14,17,19H,8H2,1-3H3/t13-,14+/m0/s1. The van der Waals surface area contributed by atoms with Crippen LogP contribution < -0.4 is 10.1 Å². The number of hydrogen-bond acceptors (Lipinski definition) is 5. The first-order chi connectivity index (χ1) is 9.35. The number of nitrogens with one attached hydrogen (secondary N) is 1. The van der Waals surface area contributed by atoms with Crippen LogP contribution in [-0.2, 0) is 4.79 Å². The summed E-state index contributed by atoms with van der Waals surface area (Å²) in [6.07, 6.45) is -0.816. The first kappa shape index (κ1) is 14.5. The average Bonchev–Trinajstić information content (AvgIpc) is 2.38. The maximum Gasteiger partial charge on any atom is 0.143 e. The molecule has 0 spiro atoms. The fourth-order valence-corrected chi connectivity index (χ4v) is 2.34. The van der Waals surface area contributed by atoms with Gasteiger partial charge in [0.1, 0.15) is 23.2 Å². The van der Waals surface area contributed by atoms with Crippen LogP contribution in [0.1, 0.15) is 37.9 Å². The van der Waals surface area contributed by atoms with Crippen molar-refractivity contribution < 1.29 is 14.6 Å². The molecule has 0 saturated heterocycles. The Hall–Kier alpha value is -1.90. The Kier molecular flexibility index (Phi) is 3.80. The fourth-order valence-electron chi connectivity index (χ4n) is 2.34. The number of ketones is 1. The third kappa shape index (κ3) is 2.67. The van der Waals surface area contributed by atoms with Crippen LogP contribution in [0.4, 0.5) is 0 Å². The summed E-state index contributed by atoms with van der Waals surface area (Å²) in [5.74, 6) is 0.611. The van der Waals surface area contributed by atoms with Gasteiger partial charge >= 0.3 is 0 Å². The molecule has 0 aromatic heterocycles.